The van der Waals surface area contributed by atoms with Crippen LogP contribution in [-0.4, -0.2) is 30.6 Å². The van der Waals surface area contributed by atoms with Gasteiger partial charge in [-0.1, -0.05) is 18.5 Å². The van der Waals surface area contributed by atoms with Gasteiger partial charge in [-0.2, -0.15) is 0 Å². The smallest absolute Gasteiger partial charge is 0.273 e. The van der Waals surface area contributed by atoms with E-state index in [1.54, 1.807) is 0 Å². The average molecular weight is 337 g/mol. The van der Waals surface area contributed by atoms with Crippen molar-refractivity contribution >= 4 is 17.5 Å². The van der Waals surface area contributed by atoms with E-state index in [4.69, 9.17) is 25.5 Å². The monoisotopic (exact) mass is 336 g/mol. The van der Waals surface area contributed by atoms with Crippen molar-refractivity contribution in [3.05, 3.63) is 40.6 Å². The molecule has 3 rings (SSSR count). The first kappa shape index (κ1) is 15.7. The van der Waals surface area contributed by atoms with Crippen molar-refractivity contribution in [1.29, 1.82) is 0 Å². The van der Waals surface area contributed by atoms with E-state index in [9.17, 15) is 4.79 Å². The minimum absolute atomic E-state index is 0.237. The predicted molar refractivity (Wildman–Crippen MR) is 84.4 cm³/mol. The number of hydrogen-bond donors (Lipinski definition) is 1. The first-order valence-corrected chi connectivity index (χ1v) is 7.85. The molecular weight excluding hydrogens is 320 g/mol. The van der Waals surface area contributed by atoms with Crippen LogP contribution in [0.1, 0.15) is 28.7 Å². The van der Waals surface area contributed by atoms with Crippen LogP contribution in [0.15, 0.2) is 22.9 Å². The van der Waals surface area contributed by atoms with Gasteiger partial charge in [-0.25, -0.2) is 4.98 Å². The number of halogens is 1. The van der Waals surface area contributed by atoms with Crippen LogP contribution in [0.4, 0.5) is 0 Å². The van der Waals surface area contributed by atoms with Gasteiger partial charge in [0.05, 0.1) is 5.02 Å². The molecule has 0 spiro atoms. The Balaban J connectivity index is 1.61. The van der Waals surface area contributed by atoms with Crippen LogP contribution in [0.3, 0.4) is 0 Å². The highest BCUT2D eigenvalue weighted by atomic mass is 35.5. The first-order chi connectivity index (χ1) is 11.2. The van der Waals surface area contributed by atoms with Crippen molar-refractivity contribution < 1.29 is 18.7 Å². The number of ether oxygens (including phenoxy) is 2. The summed E-state index contributed by atoms with van der Waals surface area (Å²) in [6.07, 6.45) is 2.54. The van der Waals surface area contributed by atoms with Crippen LogP contribution in [0.5, 0.6) is 11.5 Å². The predicted octanol–water partition coefficient (Wildman–Crippen LogP) is 2.63. The molecule has 0 bridgehead atoms. The van der Waals surface area contributed by atoms with Crippen molar-refractivity contribution in [3.63, 3.8) is 0 Å². The first-order valence-electron chi connectivity index (χ1n) is 7.47. The van der Waals surface area contributed by atoms with Gasteiger partial charge in [0.1, 0.15) is 19.0 Å². The van der Waals surface area contributed by atoms with E-state index in [1.165, 1.54) is 6.39 Å². The number of oxazole rings is 1. The largest absolute Gasteiger partial charge is 0.486 e. The van der Waals surface area contributed by atoms with E-state index in [0.29, 0.717) is 60.6 Å². The molecule has 0 radical (unpaired) electrons. The molecule has 1 N–H and O–H groups in total. The topological polar surface area (TPSA) is 73.6 Å². The van der Waals surface area contributed by atoms with Crippen LogP contribution in [-0.2, 0) is 12.8 Å². The molecule has 2 aromatic rings. The Hall–Kier alpha value is -2.21. The van der Waals surface area contributed by atoms with E-state index in [0.717, 1.165) is 5.56 Å². The van der Waals surface area contributed by atoms with Crippen molar-refractivity contribution in [2.24, 2.45) is 0 Å². The lowest BCUT2D eigenvalue weighted by molar-refractivity contribution is 0.0948. The molecule has 0 saturated heterocycles. The summed E-state index contributed by atoms with van der Waals surface area (Å²) in [6, 6.07) is 3.72. The van der Waals surface area contributed by atoms with Crippen LogP contribution < -0.4 is 14.8 Å². The fourth-order valence-corrected chi connectivity index (χ4v) is 2.71. The molecule has 7 heteroatoms. The quantitative estimate of drug-likeness (QED) is 0.908. The second-order valence-corrected chi connectivity index (χ2v) is 5.49. The highest BCUT2D eigenvalue weighted by Gasteiger charge is 2.17. The number of rotatable bonds is 5. The summed E-state index contributed by atoms with van der Waals surface area (Å²) in [5.41, 5.74) is 1.31. The number of carbonyl (C=O) groups is 1. The van der Waals surface area contributed by atoms with Gasteiger partial charge < -0.3 is 19.2 Å². The SMILES string of the molecule is CCc1ocnc1C(=O)NCCc1cc(Cl)c2c(c1)OCCO2. The molecule has 0 atom stereocenters. The lowest BCUT2D eigenvalue weighted by atomic mass is 10.1. The molecule has 0 aliphatic carbocycles. The number of aryl methyl sites for hydroxylation is 1. The number of aromatic nitrogens is 1. The number of nitrogens with one attached hydrogen (secondary N) is 1. The van der Waals surface area contributed by atoms with E-state index in [2.05, 4.69) is 10.3 Å². The van der Waals surface area contributed by atoms with Gasteiger partial charge in [0.2, 0.25) is 0 Å². The molecule has 6 nitrogen and oxygen atoms in total. The molecule has 2 heterocycles. The molecule has 1 aliphatic rings. The number of fused-ring (bicyclic) bond motifs is 1. The Morgan fingerprint density at radius 1 is 1.35 bits per heavy atom. The Morgan fingerprint density at radius 2 is 2.17 bits per heavy atom. The molecule has 1 aromatic heterocycles. The number of nitrogens with zero attached hydrogens (tertiary/aromatic N) is 1. The normalized spacial score (nSPS) is 13.0. The molecule has 1 aromatic carbocycles. The summed E-state index contributed by atoms with van der Waals surface area (Å²) in [6.45, 7) is 3.38. The zero-order valence-electron chi connectivity index (χ0n) is 12.7. The lowest BCUT2D eigenvalue weighted by Crippen LogP contribution is -2.27. The summed E-state index contributed by atoms with van der Waals surface area (Å²) < 4.78 is 16.2. The Kier molecular flexibility index (Phi) is 4.71. The Labute approximate surface area is 138 Å². The third-order valence-corrected chi connectivity index (χ3v) is 3.81. The van der Waals surface area contributed by atoms with Gasteiger partial charge in [-0.05, 0) is 24.1 Å². The Bertz CT molecular complexity index is 714. The highest BCUT2D eigenvalue weighted by Crippen LogP contribution is 2.38. The van der Waals surface area contributed by atoms with Gasteiger partial charge in [-0.15, -0.1) is 0 Å². The minimum atomic E-state index is -0.237. The van der Waals surface area contributed by atoms with E-state index in [-0.39, 0.29) is 5.91 Å². The molecule has 1 aliphatic heterocycles. The van der Waals surface area contributed by atoms with Crippen LogP contribution in [0.25, 0.3) is 0 Å². The summed E-state index contributed by atoms with van der Waals surface area (Å²) in [7, 11) is 0. The number of amides is 1. The minimum Gasteiger partial charge on any atom is -0.486 e. The van der Waals surface area contributed by atoms with Gasteiger partial charge in [0, 0.05) is 13.0 Å². The standard InChI is InChI=1S/C16H17ClN2O4/c1-2-12-14(19-9-23-12)16(20)18-4-3-10-7-11(17)15-13(8-10)21-5-6-22-15/h7-9H,2-6H2,1H3,(H,18,20). The molecule has 1 amide bonds. The lowest BCUT2D eigenvalue weighted by Gasteiger charge is -2.20. The summed E-state index contributed by atoms with van der Waals surface area (Å²) in [5.74, 6) is 1.58. The fourth-order valence-electron chi connectivity index (χ4n) is 2.42. The highest BCUT2D eigenvalue weighted by molar-refractivity contribution is 6.32. The molecule has 0 fully saturated rings. The van der Waals surface area contributed by atoms with Crippen LogP contribution in [0, 0.1) is 0 Å². The number of carbonyl (C=O) groups excluding carboxylic acids is 1. The van der Waals surface area contributed by atoms with Crippen molar-refractivity contribution in [2.45, 2.75) is 19.8 Å². The van der Waals surface area contributed by atoms with Crippen molar-refractivity contribution in [1.82, 2.24) is 10.3 Å². The third-order valence-electron chi connectivity index (χ3n) is 3.53. The van der Waals surface area contributed by atoms with Crippen LogP contribution >= 0.6 is 11.6 Å². The zero-order valence-corrected chi connectivity index (χ0v) is 13.5. The second-order valence-electron chi connectivity index (χ2n) is 5.09. The number of hydrogen-bond acceptors (Lipinski definition) is 5. The molecule has 122 valence electrons. The van der Waals surface area contributed by atoms with Crippen molar-refractivity contribution in [3.8, 4) is 11.5 Å². The van der Waals surface area contributed by atoms with Gasteiger partial charge >= 0.3 is 0 Å². The van der Waals surface area contributed by atoms with Crippen molar-refractivity contribution in [2.75, 3.05) is 19.8 Å². The van der Waals surface area contributed by atoms with E-state index in [1.807, 2.05) is 19.1 Å². The molecule has 23 heavy (non-hydrogen) atoms. The Morgan fingerprint density at radius 3 is 3.00 bits per heavy atom. The zero-order chi connectivity index (χ0) is 16.2. The summed E-state index contributed by atoms with van der Waals surface area (Å²) in [5, 5.41) is 3.35. The van der Waals surface area contributed by atoms with Gasteiger partial charge in [0.15, 0.2) is 23.6 Å². The fraction of sp³-hybridized carbons (Fsp3) is 0.375. The van der Waals surface area contributed by atoms with Gasteiger partial charge in [-0.3, -0.25) is 4.79 Å². The van der Waals surface area contributed by atoms with E-state index < -0.39 is 0 Å². The maximum atomic E-state index is 12.1. The maximum absolute atomic E-state index is 12.1. The van der Waals surface area contributed by atoms with Gasteiger partial charge in [0.25, 0.3) is 5.91 Å². The maximum Gasteiger partial charge on any atom is 0.273 e. The summed E-state index contributed by atoms with van der Waals surface area (Å²) in [4.78, 5) is 16.0. The third kappa shape index (κ3) is 3.42. The van der Waals surface area contributed by atoms with E-state index >= 15 is 0 Å². The number of benzene rings is 1. The van der Waals surface area contributed by atoms with Crippen LogP contribution in [0.2, 0.25) is 5.02 Å². The summed E-state index contributed by atoms with van der Waals surface area (Å²) >= 11 is 6.19. The average Bonchev–Trinajstić information content (AvgIpc) is 3.03. The molecular formula is C16H17ClN2O4. The molecule has 0 saturated carbocycles. The molecule has 0 unspecified atom stereocenters. The second kappa shape index (κ2) is 6.91.